The third kappa shape index (κ3) is 4.08. The summed E-state index contributed by atoms with van der Waals surface area (Å²) in [5.74, 6) is 1.14. The van der Waals surface area contributed by atoms with Crippen LogP contribution in [0, 0.1) is 0 Å². The summed E-state index contributed by atoms with van der Waals surface area (Å²) in [5, 5.41) is 12.0. The second-order valence-electron chi connectivity index (χ2n) is 7.47. The maximum Gasteiger partial charge on any atom is 0.257 e. The van der Waals surface area contributed by atoms with E-state index in [1.165, 1.54) is 0 Å². The molecule has 0 spiro atoms. The van der Waals surface area contributed by atoms with Crippen LogP contribution < -0.4 is 10.6 Å². The number of hydrogen-bond acceptors (Lipinski definition) is 5. The Hall–Kier alpha value is -3.68. The third-order valence-corrected chi connectivity index (χ3v) is 5.89. The third-order valence-electron chi connectivity index (χ3n) is 5.30. The van der Waals surface area contributed by atoms with Crippen LogP contribution >= 0.6 is 23.2 Å². The molecule has 9 heteroatoms. The summed E-state index contributed by atoms with van der Waals surface area (Å²) in [6, 6.07) is 19.5. The van der Waals surface area contributed by atoms with Crippen molar-refractivity contribution in [1.82, 2.24) is 19.7 Å². The molecule has 4 aromatic rings. The summed E-state index contributed by atoms with van der Waals surface area (Å²) < 4.78 is 1.70. The quantitative estimate of drug-likeness (QED) is 0.401. The lowest BCUT2D eigenvalue weighted by Gasteiger charge is -2.28. The fraction of sp³-hybridized carbons (Fsp3) is 0.0833. The van der Waals surface area contributed by atoms with Gasteiger partial charge in [-0.2, -0.15) is 4.98 Å². The van der Waals surface area contributed by atoms with Gasteiger partial charge in [-0.25, -0.2) is 9.67 Å². The number of nitrogens with one attached hydrogen (secondary N) is 2. The Balaban J connectivity index is 1.62. The van der Waals surface area contributed by atoms with Gasteiger partial charge in [-0.05, 0) is 48.9 Å². The second kappa shape index (κ2) is 8.69. The van der Waals surface area contributed by atoms with Crippen LogP contribution in [0.3, 0.4) is 0 Å². The SMILES string of the molecule is CC1=C(C(=O)Nc2ccccn2)C(c2ccc(Cl)cc2)n2nc(-c3ccccc3Cl)nc2N1. The highest BCUT2D eigenvalue weighted by atomic mass is 35.5. The van der Waals surface area contributed by atoms with E-state index in [0.717, 1.165) is 5.56 Å². The maximum atomic E-state index is 13.4. The molecule has 0 saturated carbocycles. The van der Waals surface area contributed by atoms with Crippen molar-refractivity contribution in [3.05, 3.63) is 99.8 Å². The molecule has 1 unspecified atom stereocenters. The van der Waals surface area contributed by atoms with E-state index < -0.39 is 6.04 Å². The van der Waals surface area contributed by atoms with E-state index >= 15 is 0 Å². The maximum absolute atomic E-state index is 13.4. The van der Waals surface area contributed by atoms with E-state index in [1.807, 2.05) is 43.3 Å². The van der Waals surface area contributed by atoms with Gasteiger partial charge in [0.1, 0.15) is 11.9 Å². The summed E-state index contributed by atoms with van der Waals surface area (Å²) in [5.41, 5.74) is 2.69. The van der Waals surface area contributed by atoms with Gasteiger partial charge in [0, 0.05) is 22.5 Å². The Morgan fingerprint density at radius 1 is 1.03 bits per heavy atom. The first kappa shape index (κ1) is 21.2. The van der Waals surface area contributed by atoms with E-state index in [1.54, 1.807) is 41.2 Å². The number of carbonyl (C=O) groups is 1. The zero-order valence-electron chi connectivity index (χ0n) is 17.5. The number of aromatic nitrogens is 4. The molecule has 0 radical (unpaired) electrons. The van der Waals surface area contributed by atoms with Crippen LogP contribution in [0.25, 0.3) is 11.4 Å². The van der Waals surface area contributed by atoms with Gasteiger partial charge in [0.15, 0.2) is 5.82 Å². The van der Waals surface area contributed by atoms with Crippen molar-refractivity contribution in [2.75, 3.05) is 10.6 Å². The predicted octanol–water partition coefficient (Wildman–Crippen LogP) is 5.57. The van der Waals surface area contributed by atoms with Crippen LogP contribution in [-0.4, -0.2) is 25.7 Å². The summed E-state index contributed by atoms with van der Waals surface area (Å²) in [6.45, 7) is 1.84. The molecule has 1 aliphatic rings. The Labute approximate surface area is 200 Å². The molecule has 2 aromatic carbocycles. The molecule has 33 heavy (non-hydrogen) atoms. The smallest absolute Gasteiger partial charge is 0.257 e. The van der Waals surface area contributed by atoms with Crippen LogP contribution in [0.2, 0.25) is 10.0 Å². The molecular weight excluding hydrogens is 459 g/mol. The highest BCUT2D eigenvalue weighted by Gasteiger charge is 2.34. The molecule has 7 nitrogen and oxygen atoms in total. The first-order chi connectivity index (χ1) is 16.0. The molecule has 2 N–H and O–H groups in total. The molecule has 0 fully saturated rings. The van der Waals surface area contributed by atoms with Crippen LogP contribution in [-0.2, 0) is 4.79 Å². The van der Waals surface area contributed by atoms with Gasteiger partial charge in [0.05, 0.1) is 10.6 Å². The second-order valence-corrected chi connectivity index (χ2v) is 8.31. The molecule has 0 saturated heterocycles. The van der Waals surface area contributed by atoms with E-state index in [-0.39, 0.29) is 5.91 Å². The van der Waals surface area contributed by atoms with Gasteiger partial charge in [-0.3, -0.25) is 4.79 Å². The highest BCUT2D eigenvalue weighted by molar-refractivity contribution is 6.33. The number of pyridine rings is 1. The fourth-order valence-corrected chi connectivity index (χ4v) is 4.12. The molecule has 1 atom stereocenters. The van der Waals surface area contributed by atoms with Crippen molar-refractivity contribution in [2.24, 2.45) is 0 Å². The summed E-state index contributed by atoms with van der Waals surface area (Å²) in [4.78, 5) is 22.3. The largest absolute Gasteiger partial charge is 0.328 e. The van der Waals surface area contributed by atoms with Crippen molar-refractivity contribution in [3.63, 3.8) is 0 Å². The highest BCUT2D eigenvalue weighted by Crippen LogP contribution is 2.37. The molecule has 0 aliphatic carbocycles. The van der Waals surface area contributed by atoms with Gasteiger partial charge in [0.2, 0.25) is 5.95 Å². The lowest BCUT2D eigenvalue weighted by molar-refractivity contribution is -0.113. The normalized spacial score (nSPS) is 15.1. The first-order valence-electron chi connectivity index (χ1n) is 10.2. The molecule has 2 aromatic heterocycles. The number of nitrogens with zero attached hydrogens (tertiary/aromatic N) is 4. The monoisotopic (exact) mass is 476 g/mol. The summed E-state index contributed by atoms with van der Waals surface area (Å²) in [6.07, 6.45) is 1.62. The van der Waals surface area contributed by atoms with Crippen molar-refractivity contribution in [3.8, 4) is 11.4 Å². The number of rotatable bonds is 4. The number of fused-ring (bicyclic) bond motifs is 1. The van der Waals surface area contributed by atoms with Gasteiger partial charge in [0.25, 0.3) is 5.91 Å². The van der Waals surface area contributed by atoms with E-state index in [0.29, 0.717) is 44.5 Å². The molecule has 5 rings (SSSR count). The Morgan fingerprint density at radius 3 is 2.52 bits per heavy atom. The number of carbonyl (C=O) groups excluding carboxylic acids is 1. The van der Waals surface area contributed by atoms with Crippen molar-refractivity contribution in [2.45, 2.75) is 13.0 Å². The minimum Gasteiger partial charge on any atom is -0.328 e. The number of benzene rings is 2. The lowest BCUT2D eigenvalue weighted by atomic mass is 9.95. The molecular formula is C24H18Cl2N6O. The van der Waals surface area contributed by atoms with Crippen molar-refractivity contribution < 1.29 is 4.79 Å². The number of amides is 1. The van der Waals surface area contributed by atoms with Crippen LogP contribution in [0.4, 0.5) is 11.8 Å². The molecule has 164 valence electrons. The van der Waals surface area contributed by atoms with E-state index in [4.69, 9.17) is 28.3 Å². The predicted molar refractivity (Wildman–Crippen MR) is 129 cm³/mol. The zero-order chi connectivity index (χ0) is 22.9. The summed E-state index contributed by atoms with van der Waals surface area (Å²) >= 11 is 12.5. The Bertz CT molecular complexity index is 1370. The van der Waals surface area contributed by atoms with Crippen molar-refractivity contribution >= 4 is 40.9 Å². The topological polar surface area (TPSA) is 84.7 Å². The Morgan fingerprint density at radius 2 is 1.79 bits per heavy atom. The number of anilines is 2. The lowest BCUT2D eigenvalue weighted by Crippen LogP contribution is -2.31. The minimum absolute atomic E-state index is 0.293. The van der Waals surface area contributed by atoms with Gasteiger partial charge in [-0.1, -0.05) is 53.5 Å². The van der Waals surface area contributed by atoms with Gasteiger partial charge in [-0.15, -0.1) is 5.10 Å². The fourth-order valence-electron chi connectivity index (χ4n) is 3.78. The first-order valence-corrected chi connectivity index (χ1v) is 10.9. The van der Waals surface area contributed by atoms with Crippen molar-refractivity contribution in [1.29, 1.82) is 0 Å². The average molecular weight is 477 g/mol. The number of allylic oxidation sites excluding steroid dienone is 1. The minimum atomic E-state index is -0.536. The molecule has 1 amide bonds. The Kier molecular flexibility index (Phi) is 5.58. The standard InChI is InChI=1S/C24H18Cl2N6O/c1-14-20(23(33)29-19-8-4-5-13-27-19)21(15-9-11-16(25)12-10-15)32-24(28-14)30-22(31-32)17-6-2-3-7-18(17)26/h2-13,21H,1H3,(H,27,29,33)(H,28,30,31). The number of hydrogen-bond donors (Lipinski definition) is 2. The molecule has 3 heterocycles. The van der Waals surface area contributed by atoms with Gasteiger partial charge >= 0.3 is 0 Å². The van der Waals surface area contributed by atoms with Crippen LogP contribution in [0.5, 0.6) is 0 Å². The molecule has 0 bridgehead atoms. The van der Waals surface area contributed by atoms with E-state index in [2.05, 4.69) is 20.6 Å². The average Bonchev–Trinajstić information content (AvgIpc) is 3.23. The van der Waals surface area contributed by atoms with Crippen LogP contribution in [0.1, 0.15) is 18.5 Å². The van der Waals surface area contributed by atoms with Crippen LogP contribution in [0.15, 0.2) is 84.2 Å². The van der Waals surface area contributed by atoms with Gasteiger partial charge < -0.3 is 10.6 Å². The van der Waals surface area contributed by atoms with E-state index in [9.17, 15) is 4.79 Å². The zero-order valence-corrected chi connectivity index (χ0v) is 19.0. The molecule has 1 aliphatic heterocycles. The number of halogens is 2. The summed E-state index contributed by atoms with van der Waals surface area (Å²) in [7, 11) is 0.